The molecule has 0 unspecified atom stereocenters. The molecule has 0 saturated heterocycles. The zero-order valence-corrected chi connectivity index (χ0v) is 8.84. The van der Waals surface area contributed by atoms with Crippen molar-refractivity contribution in [3.63, 3.8) is 0 Å². The van der Waals surface area contributed by atoms with Gasteiger partial charge in [0.2, 0.25) is 0 Å². The standard InChI is InChI=1S/C8H16N2O7/c11-2-5(14)7(16)6(15)4(13)1-9-8(17)10-3-12/h1,4-7,11-16H,2-3H2,(H,10,17)/t4-,5-,6-,7-/m0/s1. The SMILES string of the molecule is O=C(N=C[C@H](O)[C@H](O)[C@@H](O)[C@@H](O)CO)NCO. The van der Waals surface area contributed by atoms with Gasteiger partial charge in [0.25, 0.3) is 0 Å². The Labute approximate surface area is 96.7 Å². The van der Waals surface area contributed by atoms with E-state index in [1.807, 2.05) is 5.32 Å². The molecule has 0 saturated carbocycles. The van der Waals surface area contributed by atoms with E-state index in [0.717, 1.165) is 0 Å². The highest BCUT2D eigenvalue weighted by Crippen LogP contribution is 2.03. The summed E-state index contributed by atoms with van der Waals surface area (Å²) in [6.07, 6.45) is -6.32. The van der Waals surface area contributed by atoms with Crippen LogP contribution in [0.3, 0.4) is 0 Å². The molecule has 100 valence electrons. The molecular weight excluding hydrogens is 236 g/mol. The van der Waals surface area contributed by atoms with Gasteiger partial charge < -0.3 is 36.0 Å². The molecule has 0 aliphatic heterocycles. The molecule has 0 rings (SSSR count). The number of aliphatic imine (C=N–C) groups is 1. The fourth-order valence-corrected chi connectivity index (χ4v) is 0.883. The number of amides is 2. The highest BCUT2D eigenvalue weighted by atomic mass is 16.4. The molecule has 0 spiro atoms. The average Bonchev–Trinajstić information content (AvgIpc) is 2.33. The minimum Gasteiger partial charge on any atom is -0.394 e. The summed E-state index contributed by atoms with van der Waals surface area (Å²) in [5, 5.41) is 55.4. The summed E-state index contributed by atoms with van der Waals surface area (Å²) in [6.45, 7) is -1.44. The van der Waals surface area contributed by atoms with Gasteiger partial charge in [0.1, 0.15) is 31.1 Å². The van der Waals surface area contributed by atoms with Crippen LogP contribution in [-0.4, -0.2) is 80.6 Å². The van der Waals surface area contributed by atoms with Crippen LogP contribution in [0.15, 0.2) is 4.99 Å². The van der Waals surface area contributed by atoms with Crippen molar-refractivity contribution in [2.75, 3.05) is 13.3 Å². The van der Waals surface area contributed by atoms with E-state index >= 15 is 0 Å². The van der Waals surface area contributed by atoms with Crippen molar-refractivity contribution in [1.82, 2.24) is 5.32 Å². The number of aliphatic hydroxyl groups excluding tert-OH is 6. The van der Waals surface area contributed by atoms with Gasteiger partial charge in [-0.05, 0) is 0 Å². The second kappa shape index (κ2) is 8.06. The second-order valence-electron chi connectivity index (χ2n) is 3.14. The lowest BCUT2D eigenvalue weighted by atomic mass is 10.0. The lowest BCUT2D eigenvalue weighted by Crippen LogP contribution is -2.46. The third-order valence-electron chi connectivity index (χ3n) is 1.86. The summed E-state index contributed by atoms with van der Waals surface area (Å²) in [5.74, 6) is 0. The first kappa shape index (κ1) is 15.9. The van der Waals surface area contributed by atoms with Crippen molar-refractivity contribution in [2.45, 2.75) is 24.4 Å². The van der Waals surface area contributed by atoms with Crippen LogP contribution in [0, 0.1) is 0 Å². The van der Waals surface area contributed by atoms with Gasteiger partial charge in [-0.1, -0.05) is 0 Å². The van der Waals surface area contributed by atoms with Crippen molar-refractivity contribution in [3.8, 4) is 0 Å². The molecule has 0 aromatic carbocycles. The zero-order chi connectivity index (χ0) is 13.4. The second-order valence-corrected chi connectivity index (χ2v) is 3.14. The van der Waals surface area contributed by atoms with E-state index in [2.05, 4.69) is 4.99 Å². The molecule has 9 heteroatoms. The van der Waals surface area contributed by atoms with Gasteiger partial charge in [0.05, 0.1) is 6.61 Å². The average molecular weight is 252 g/mol. The Kier molecular flexibility index (Phi) is 7.54. The van der Waals surface area contributed by atoms with Crippen LogP contribution in [0.5, 0.6) is 0 Å². The van der Waals surface area contributed by atoms with Gasteiger partial charge in [0, 0.05) is 6.21 Å². The molecule has 0 heterocycles. The van der Waals surface area contributed by atoms with Gasteiger partial charge in [-0.25, -0.2) is 9.79 Å². The molecule has 0 fully saturated rings. The van der Waals surface area contributed by atoms with Crippen LogP contribution in [-0.2, 0) is 0 Å². The van der Waals surface area contributed by atoms with Crippen LogP contribution < -0.4 is 5.32 Å². The summed E-state index contributed by atoms with van der Waals surface area (Å²) >= 11 is 0. The number of nitrogens with zero attached hydrogens (tertiary/aromatic N) is 1. The highest BCUT2D eigenvalue weighted by molar-refractivity contribution is 5.84. The lowest BCUT2D eigenvalue weighted by molar-refractivity contribution is -0.0999. The van der Waals surface area contributed by atoms with Crippen LogP contribution in [0.1, 0.15) is 0 Å². The molecule has 17 heavy (non-hydrogen) atoms. The maximum atomic E-state index is 10.7. The molecule has 2 amide bonds. The Hall–Kier alpha value is -1.10. The Bertz CT molecular complexity index is 260. The molecule has 0 aromatic rings. The molecule has 0 aromatic heterocycles. The monoisotopic (exact) mass is 252 g/mol. The van der Waals surface area contributed by atoms with Crippen molar-refractivity contribution in [2.24, 2.45) is 4.99 Å². The number of carbonyl (C=O) groups excluding carboxylic acids is 1. The van der Waals surface area contributed by atoms with Gasteiger partial charge in [-0.3, -0.25) is 0 Å². The van der Waals surface area contributed by atoms with E-state index < -0.39 is 43.8 Å². The Balaban J connectivity index is 4.30. The summed E-state index contributed by atoms with van der Waals surface area (Å²) in [5.41, 5.74) is 0. The maximum Gasteiger partial charge on any atom is 0.342 e. The summed E-state index contributed by atoms with van der Waals surface area (Å²) in [4.78, 5) is 13.8. The molecule has 7 N–H and O–H groups in total. The van der Waals surface area contributed by atoms with Crippen molar-refractivity contribution < 1.29 is 35.4 Å². The first-order valence-corrected chi connectivity index (χ1v) is 4.70. The maximum absolute atomic E-state index is 10.7. The molecule has 0 aliphatic carbocycles. The number of rotatable bonds is 6. The van der Waals surface area contributed by atoms with Crippen molar-refractivity contribution in [3.05, 3.63) is 0 Å². The first-order valence-electron chi connectivity index (χ1n) is 4.70. The predicted octanol–water partition coefficient (Wildman–Crippen LogP) is -3.85. The largest absolute Gasteiger partial charge is 0.394 e. The van der Waals surface area contributed by atoms with Gasteiger partial charge in [-0.15, -0.1) is 0 Å². The molecule has 0 radical (unpaired) electrons. The predicted molar refractivity (Wildman–Crippen MR) is 55.2 cm³/mol. The number of hydrogen-bond donors (Lipinski definition) is 7. The number of carbonyl (C=O) groups is 1. The summed E-state index contributed by atoms with van der Waals surface area (Å²) < 4.78 is 0. The number of aliphatic hydroxyl groups is 6. The number of hydrogen-bond acceptors (Lipinski definition) is 7. The quantitative estimate of drug-likeness (QED) is 0.188. The van der Waals surface area contributed by atoms with Gasteiger partial charge >= 0.3 is 6.03 Å². The van der Waals surface area contributed by atoms with Crippen LogP contribution >= 0.6 is 0 Å². The number of nitrogens with one attached hydrogen (secondary N) is 1. The van der Waals surface area contributed by atoms with E-state index in [1.54, 1.807) is 0 Å². The molecule has 0 bridgehead atoms. The van der Waals surface area contributed by atoms with Crippen LogP contribution in [0.25, 0.3) is 0 Å². The number of urea groups is 1. The van der Waals surface area contributed by atoms with E-state index in [4.69, 9.17) is 15.3 Å². The highest BCUT2D eigenvalue weighted by Gasteiger charge is 2.29. The Morgan fingerprint density at radius 3 is 2.24 bits per heavy atom. The van der Waals surface area contributed by atoms with Gasteiger partial charge in [-0.2, -0.15) is 0 Å². The minimum absolute atomic E-state index is 0.628. The van der Waals surface area contributed by atoms with Crippen molar-refractivity contribution in [1.29, 1.82) is 0 Å². The summed E-state index contributed by atoms with van der Waals surface area (Å²) in [7, 11) is 0. The Morgan fingerprint density at radius 2 is 1.76 bits per heavy atom. The van der Waals surface area contributed by atoms with E-state index in [9.17, 15) is 20.1 Å². The smallest absolute Gasteiger partial charge is 0.342 e. The third kappa shape index (κ3) is 5.68. The van der Waals surface area contributed by atoms with Gasteiger partial charge in [0.15, 0.2) is 0 Å². The van der Waals surface area contributed by atoms with E-state index in [1.165, 1.54) is 0 Å². The van der Waals surface area contributed by atoms with Crippen molar-refractivity contribution >= 4 is 12.2 Å². The molecule has 4 atom stereocenters. The lowest BCUT2D eigenvalue weighted by Gasteiger charge is -2.23. The zero-order valence-electron chi connectivity index (χ0n) is 8.84. The molecular formula is C8H16N2O7. The third-order valence-corrected chi connectivity index (χ3v) is 1.86. The van der Waals surface area contributed by atoms with Crippen LogP contribution in [0.4, 0.5) is 4.79 Å². The fourth-order valence-electron chi connectivity index (χ4n) is 0.883. The fraction of sp³-hybridized carbons (Fsp3) is 0.750. The topological polar surface area (TPSA) is 163 Å². The molecule has 0 aliphatic rings. The van der Waals surface area contributed by atoms with Crippen LogP contribution in [0.2, 0.25) is 0 Å². The Morgan fingerprint density at radius 1 is 1.18 bits per heavy atom. The first-order chi connectivity index (χ1) is 7.93. The minimum atomic E-state index is -1.82. The summed E-state index contributed by atoms with van der Waals surface area (Å²) in [6, 6.07) is -0.948. The normalized spacial score (nSPS) is 18.7. The molecule has 9 nitrogen and oxygen atoms in total. The van der Waals surface area contributed by atoms with E-state index in [-0.39, 0.29) is 0 Å². The van der Waals surface area contributed by atoms with E-state index in [0.29, 0.717) is 6.21 Å².